The van der Waals surface area contributed by atoms with Crippen LogP contribution in [0.5, 0.6) is 5.75 Å². The highest BCUT2D eigenvalue weighted by Gasteiger charge is 2.18. The maximum Gasteiger partial charge on any atom is 0.137 e. The number of hydrogen-bond acceptors (Lipinski definition) is 3. The van der Waals surface area contributed by atoms with Crippen LogP contribution in [-0.4, -0.2) is 26.0 Å². The van der Waals surface area contributed by atoms with Gasteiger partial charge in [0, 0.05) is 22.9 Å². The third-order valence-electron chi connectivity index (χ3n) is 3.61. The lowest BCUT2D eigenvalue weighted by Crippen LogP contribution is -2.29. The van der Waals surface area contributed by atoms with E-state index in [9.17, 15) is 4.79 Å². The van der Waals surface area contributed by atoms with Crippen LogP contribution in [-0.2, 0) is 11.2 Å². The summed E-state index contributed by atoms with van der Waals surface area (Å²) in [6, 6.07) is 5.80. The smallest absolute Gasteiger partial charge is 0.137 e. The monoisotopic (exact) mass is 325 g/mol. The molecule has 19 heavy (non-hydrogen) atoms. The van der Waals surface area contributed by atoms with Crippen molar-refractivity contribution in [1.29, 1.82) is 0 Å². The average molecular weight is 326 g/mol. The van der Waals surface area contributed by atoms with E-state index < -0.39 is 0 Å². The van der Waals surface area contributed by atoms with Crippen LogP contribution in [0.25, 0.3) is 0 Å². The van der Waals surface area contributed by atoms with E-state index in [0.29, 0.717) is 24.5 Å². The Morgan fingerprint density at radius 1 is 1.42 bits per heavy atom. The average Bonchev–Trinajstić information content (AvgIpc) is 2.40. The van der Waals surface area contributed by atoms with E-state index in [2.05, 4.69) is 21.2 Å². The van der Waals surface area contributed by atoms with E-state index in [1.54, 1.807) is 7.11 Å². The predicted molar refractivity (Wildman–Crippen MR) is 79.6 cm³/mol. The van der Waals surface area contributed by atoms with Crippen LogP contribution in [0.15, 0.2) is 22.7 Å². The fourth-order valence-corrected chi connectivity index (χ4v) is 2.99. The summed E-state index contributed by atoms with van der Waals surface area (Å²) in [5, 5.41) is 3.33. The molecule has 0 amide bonds. The van der Waals surface area contributed by atoms with E-state index in [4.69, 9.17) is 4.74 Å². The first-order valence-electron chi connectivity index (χ1n) is 6.74. The number of rotatable bonds is 5. The van der Waals surface area contributed by atoms with Crippen LogP contribution in [0.1, 0.15) is 24.8 Å². The summed E-state index contributed by atoms with van der Waals surface area (Å²) < 4.78 is 6.29. The molecule has 2 rings (SSSR count). The van der Waals surface area contributed by atoms with Gasteiger partial charge in [0.15, 0.2) is 0 Å². The lowest BCUT2D eigenvalue weighted by Gasteiger charge is -2.21. The zero-order chi connectivity index (χ0) is 13.7. The molecule has 4 heteroatoms. The summed E-state index contributed by atoms with van der Waals surface area (Å²) in [4.78, 5) is 12.2. The normalized spacial score (nSPS) is 16.3. The number of Topliss-reactive ketones (excluding diaryl/α,β-unsaturated/α-hetero) is 1. The number of ketones is 1. The molecule has 1 heterocycles. The van der Waals surface area contributed by atoms with Gasteiger partial charge in [0.1, 0.15) is 11.5 Å². The second-order valence-corrected chi connectivity index (χ2v) is 5.98. The fourth-order valence-electron chi connectivity index (χ4n) is 2.58. The number of piperidine rings is 1. The highest BCUT2D eigenvalue weighted by molar-refractivity contribution is 9.10. The van der Waals surface area contributed by atoms with Crippen LogP contribution in [0, 0.1) is 5.92 Å². The lowest BCUT2D eigenvalue weighted by molar-refractivity contribution is -0.119. The molecule has 1 N–H and O–H groups in total. The molecule has 1 fully saturated rings. The first-order valence-corrected chi connectivity index (χ1v) is 7.53. The third-order valence-corrected chi connectivity index (χ3v) is 4.10. The van der Waals surface area contributed by atoms with Crippen LogP contribution in [0.4, 0.5) is 0 Å². The second-order valence-electron chi connectivity index (χ2n) is 5.07. The first-order chi connectivity index (χ1) is 9.19. The summed E-state index contributed by atoms with van der Waals surface area (Å²) in [7, 11) is 1.64. The molecule has 0 unspecified atom stereocenters. The second kappa shape index (κ2) is 7.06. The highest BCUT2D eigenvalue weighted by Crippen LogP contribution is 2.25. The third kappa shape index (κ3) is 4.32. The standard InChI is InChI=1S/C15H20BrNO2/c1-19-15-3-2-13(16)9-12(15)10-14(18)8-11-4-6-17-7-5-11/h2-3,9,11,17H,4-8,10H2,1H3. The Kier molecular flexibility index (Phi) is 5.40. The van der Waals surface area contributed by atoms with E-state index >= 15 is 0 Å². The summed E-state index contributed by atoms with van der Waals surface area (Å²) in [5.74, 6) is 1.65. The van der Waals surface area contributed by atoms with Gasteiger partial charge in [-0.05, 0) is 50.0 Å². The first kappa shape index (κ1) is 14.5. The zero-order valence-electron chi connectivity index (χ0n) is 11.2. The molecule has 104 valence electrons. The minimum Gasteiger partial charge on any atom is -0.496 e. The Morgan fingerprint density at radius 3 is 2.84 bits per heavy atom. The van der Waals surface area contributed by atoms with Gasteiger partial charge in [-0.25, -0.2) is 0 Å². The van der Waals surface area contributed by atoms with Crippen molar-refractivity contribution in [3.63, 3.8) is 0 Å². The molecular weight excluding hydrogens is 306 g/mol. The Labute approximate surface area is 122 Å². The summed E-state index contributed by atoms with van der Waals surface area (Å²) >= 11 is 3.44. The number of methoxy groups -OCH3 is 1. The van der Waals surface area contributed by atoms with Gasteiger partial charge in [-0.3, -0.25) is 4.79 Å². The maximum atomic E-state index is 12.2. The zero-order valence-corrected chi connectivity index (χ0v) is 12.8. The lowest BCUT2D eigenvalue weighted by atomic mass is 9.91. The van der Waals surface area contributed by atoms with Crippen molar-refractivity contribution in [2.75, 3.05) is 20.2 Å². The molecular formula is C15H20BrNO2. The van der Waals surface area contributed by atoms with Crippen LogP contribution < -0.4 is 10.1 Å². The Bertz CT molecular complexity index is 442. The molecule has 0 bridgehead atoms. The van der Waals surface area contributed by atoms with Crippen LogP contribution >= 0.6 is 15.9 Å². The van der Waals surface area contributed by atoms with Gasteiger partial charge in [0.2, 0.25) is 0 Å². The number of carbonyl (C=O) groups is 1. The van der Waals surface area contributed by atoms with E-state index in [1.165, 1.54) is 0 Å². The summed E-state index contributed by atoms with van der Waals surface area (Å²) in [5.41, 5.74) is 0.968. The van der Waals surface area contributed by atoms with Gasteiger partial charge in [0.05, 0.1) is 7.11 Å². The van der Waals surface area contributed by atoms with Crippen molar-refractivity contribution >= 4 is 21.7 Å². The molecule has 1 aliphatic heterocycles. The molecule has 0 saturated carbocycles. The number of benzene rings is 1. The van der Waals surface area contributed by atoms with Crippen molar-refractivity contribution in [2.45, 2.75) is 25.7 Å². The fraction of sp³-hybridized carbons (Fsp3) is 0.533. The molecule has 0 aromatic heterocycles. The molecule has 1 aliphatic rings. The van der Waals surface area contributed by atoms with Gasteiger partial charge in [-0.2, -0.15) is 0 Å². The van der Waals surface area contributed by atoms with Crippen molar-refractivity contribution in [3.8, 4) is 5.75 Å². The van der Waals surface area contributed by atoms with Gasteiger partial charge >= 0.3 is 0 Å². The maximum absolute atomic E-state index is 12.2. The van der Waals surface area contributed by atoms with Crippen LogP contribution in [0.2, 0.25) is 0 Å². The van der Waals surface area contributed by atoms with E-state index in [1.807, 2.05) is 18.2 Å². The minimum atomic E-state index is 0.309. The number of hydrogen-bond donors (Lipinski definition) is 1. The van der Waals surface area contributed by atoms with E-state index in [0.717, 1.165) is 41.7 Å². The molecule has 1 aromatic carbocycles. The largest absolute Gasteiger partial charge is 0.496 e. The molecule has 0 spiro atoms. The summed E-state index contributed by atoms with van der Waals surface area (Å²) in [6.07, 6.45) is 3.38. The van der Waals surface area contributed by atoms with Crippen molar-refractivity contribution in [1.82, 2.24) is 5.32 Å². The Balaban J connectivity index is 1.95. The molecule has 1 aromatic rings. The molecule has 3 nitrogen and oxygen atoms in total. The van der Waals surface area contributed by atoms with Gasteiger partial charge in [0.25, 0.3) is 0 Å². The highest BCUT2D eigenvalue weighted by atomic mass is 79.9. The minimum absolute atomic E-state index is 0.309. The van der Waals surface area contributed by atoms with Gasteiger partial charge < -0.3 is 10.1 Å². The van der Waals surface area contributed by atoms with Gasteiger partial charge in [-0.15, -0.1) is 0 Å². The number of carbonyl (C=O) groups excluding carboxylic acids is 1. The molecule has 1 saturated heterocycles. The molecule has 0 aliphatic carbocycles. The van der Waals surface area contributed by atoms with Crippen molar-refractivity contribution < 1.29 is 9.53 Å². The Hall–Kier alpha value is -0.870. The number of nitrogens with one attached hydrogen (secondary N) is 1. The van der Waals surface area contributed by atoms with Crippen molar-refractivity contribution in [2.24, 2.45) is 5.92 Å². The predicted octanol–water partition coefficient (Wildman–Crippen LogP) is 2.96. The number of halogens is 1. The Morgan fingerprint density at radius 2 is 2.16 bits per heavy atom. The topological polar surface area (TPSA) is 38.3 Å². The molecule has 0 atom stereocenters. The molecule has 0 radical (unpaired) electrons. The van der Waals surface area contributed by atoms with E-state index in [-0.39, 0.29) is 0 Å². The van der Waals surface area contributed by atoms with Crippen molar-refractivity contribution in [3.05, 3.63) is 28.2 Å². The van der Waals surface area contributed by atoms with Crippen LogP contribution in [0.3, 0.4) is 0 Å². The quantitative estimate of drug-likeness (QED) is 0.904. The summed E-state index contributed by atoms with van der Waals surface area (Å²) in [6.45, 7) is 2.08. The number of ether oxygens (including phenoxy) is 1. The van der Waals surface area contributed by atoms with Gasteiger partial charge in [-0.1, -0.05) is 15.9 Å². The SMILES string of the molecule is COc1ccc(Br)cc1CC(=O)CC1CCNCC1.